The Labute approximate surface area is 131 Å². The first-order valence-electron chi connectivity index (χ1n) is 6.02. The van der Waals surface area contributed by atoms with Crippen LogP contribution in [0.1, 0.15) is 5.69 Å². The van der Waals surface area contributed by atoms with Crippen molar-refractivity contribution in [3.05, 3.63) is 30.1 Å². The number of thiol groups is 1. The number of rotatable bonds is 5. The van der Waals surface area contributed by atoms with E-state index in [1.807, 2.05) is 0 Å². The van der Waals surface area contributed by atoms with Crippen LogP contribution in [0, 0.1) is 5.92 Å². The number of hydrogen-bond acceptors (Lipinski definition) is 6. The van der Waals surface area contributed by atoms with Crippen LogP contribution in [0.3, 0.4) is 0 Å². The van der Waals surface area contributed by atoms with Crippen molar-refractivity contribution in [1.82, 2.24) is 9.88 Å². The van der Waals surface area contributed by atoms with Gasteiger partial charge in [-0.25, -0.2) is 9.59 Å². The van der Waals surface area contributed by atoms with E-state index in [-0.39, 0.29) is 19.0 Å². The van der Waals surface area contributed by atoms with Crippen molar-refractivity contribution < 1.29 is 23.6 Å². The average molecular weight is 330 g/mol. The molecule has 114 valence electrons. The Balaban J connectivity index is 2.33. The number of amides is 1. The predicted octanol–water partition coefficient (Wildman–Crippen LogP) is 2.21. The van der Waals surface area contributed by atoms with Crippen LogP contribution >= 0.6 is 24.7 Å². The topological polar surface area (TPSA) is 89.0 Å². The van der Waals surface area contributed by atoms with E-state index in [4.69, 9.17) is 14.0 Å². The molecule has 1 saturated heterocycles. The van der Waals surface area contributed by atoms with E-state index in [9.17, 15) is 9.59 Å². The minimum absolute atomic E-state index is 0.188. The molecule has 1 unspecified atom stereocenters. The first-order chi connectivity index (χ1) is 9.99. The zero-order valence-corrected chi connectivity index (χ0v) is 12.8. The Hall–Kier alpha value is -1.45. The Morgan fingerprint density at radius 1 is 1.52 bits per heavy atom. The molecule has 0 aromatic carbocycles. The Kier molecular flexibility index (Phi) is 4.96. The van der Waals surface area contributed by atoms with Gasteiger partial charge < -0.3 is 14.7 Å². The van der Waals surface area contributed by atoms with Gasteiger partial charge in [-0.3, -0.25) is 9.17 Å². The van der Waals surface area contributed by atoms with E-state index in [0.29, 0.717) is 5.69 Å². The largest absolute Gasteiger partial charge is 0.465 e. The number of hydrogen-bond donors (Lipinski definition) is 2. The van der Waals surface area contributed by atoms with E-state index < -0.39 is 17.2 Å². The quantitative estimate of drug-likeness (QED) is 0.370. The molecular formula is C12H14N2O5S2. The molecule has 1 aromatic rings. The third-order valence-electron chi connectivity index (χ3n) is 3.16. The molecule has 2 heterocycles. The van der Waals surface area contributed by atoms with Crippen LogP contribution < -0.4 is 0 Å². The molecule has 7 nitrogen and oxygen atoms in total. The molecule has 1 amide bonds. The second-order valence-corrected chi connectivity index (χ2v) is 5.25. The van der Waals surface area contributed by atoms with Crippen molar-refractivity contribution in [2.24, 2.45) is 5.92 Å². The zero-order chi connectivity index (χ0) is 15.5. The van der Waals surface area contributed by atoms with Crippen LogP contribution in [-0.4, -0.2) is 45.7 Å². The maximum atomic E-state index is 11.4. The van der Waals surface area contributed by atoms with Crippen molar-refractivity contribution in [1.29, 1.82) is 0 Å². The van der Waals surface area contributed by atoms with Crippen molar-refractivity contribution >= 4 is 36.1 Å². The van der Waals surface area contributed by atoms with Gasteiger partial charge in [0.05, 0.1) is 5.92 Å². The molecule has 2 rings (SSSR count). The highest BCUT2D eigenvalue weighted by Crippen LogP contribution is 2.42. The van der Waals surface area contributed by atoms with Crippen LogP contribution in [0.5, 0.6) is 0 Å². The van der Waals surface area contributed by atoms with Crippen LogP contribution in [0.15, 0.2) is 24.4 Å². The number of likely N-dealkylation sites (tertiary alicyclic amines) is 1. The average Bonchev–Trinajstić information content (AvgIpc) is 2.36. The lowest BCUT2D eigenvalue weighted by Gasteiger charge is -2.46. The van der Waals surface area contributed by atoms with Gasteiger partial charge in [-0.05, 0) is 24.2 Å². The van der Waals surface area contributed by atoms with Gasteiger partial charge in [-0.1, -0.05) is 18.7 Å². The fourth-order valence-electron chi connectivity index (χ4n) is 2.17. The van der Waals surface area contributed by atoms with Crippen LogP contribution in [0.2, 0.25) is 0 Å². The summed E-state index contributed by atoms with van der Waals surface area (Å²) in [5.74, 6) is -1.81. The molecule has 0 radical (unpaired) electrons. The molecule has 1 aliphatic rings. The molecule has 1 atom stereocenters. The SMILES string of the molecule is CSOC(OC(=O)S)(c1ccccn1)C1CN(C(=O)O)C1. The van der Waals surface area contributed by atoms with E-state index >= 15 is 0 Å². The maximum absolute atomic E-state index is 11.4. The number of carbonyl (C=O) groups is 2. The summed E-state index contributed by atoms with van der Waals surface area (Å²) in [6.45, 7) is 0.376. The highest BCUT2D eigenvalue weighted by Gasteiger charge is 2.53. The van der Waals surface area contributed by atoms with E-state index in [1.54, 1.807) is 30.7 Å². The Morgan fingerprint density at radius 2 is 2.24 bits per heavy atom. The van der Waals surface area contributed by atoms with Gasteiger partial charge in [-0.15, -0.1) is 0 Å². The van der Waals surface area contributed by atoms with Gasteiger partial charge in [0.1, 0.15) is 5.69 Å². The summed E-state index contributed by atoms with van der Waals surface area (Å²) in [6, 6.07) is 5.12. The molecule has 0 bridgehead atoms. The first kappa shape index (κ1) is 15.9. The molecule has 1 aromatic heterocycles. The van der Waals surface area contributed by atoms with E-state index in [0.717, 1.165) is 12.0 Å². The number of nitrogens with zero attached hydrogens (tertiary/aromatic N) is 2. The summed E-state index contributed by atoms with van der Waals surface area (Å²) in [5, 5.41) is 8.12. The van der Waals surface area contributed by atoms with E-state index in [2.05, 4.69) is 17.6 Å². The van der Waals surface area contributed by atoms with Gasteiger partial charge >= 0.3 is 11.4 Å². The Bertz CT molecular complexity index is 524. The van der Waals surface area contributed by atoms with Gasteiger partial charge in [0, 0.05) is 25.5 Å². The van der Waals surface area contributed by atoms with Crippen molar-refractivity contribution in [2.75, 3.05) is 19.3 Å². The summed E-state index contributed by atoms with van der Waals surface area (Å²) >= 11 is 4.66. The van der Waals surface area contributed by atoms with Crippen LogP contribution in [-0.2, 0) is 14.7 Å². The molecule has 0 aliphatic carbocycles. The third-order valence-corrected chi connectivity index (χ3v) is 3.66. The maximum Gasteiger partial charge on any atom is 0.407 e. The van der Waals surface area contributed by atoms with E-state index in [1.165, 1.54) is 4.90 Å². The lowest BCUT2D eigenvalue weighted by Crippen LogP contribution is -2.59. The van der Waals surface area contributed by atoms with Crippen LogP contribution in [0.25, 0.3) is 0 Å². The van der Waals surface area contributed by atoms with Crippen molar-refractivity contribution in [3.8, 4) is 0 Å². The lowest BCUT2D eigenvalue weighted by molar-refractivity contribution is -0.202. The monoisotopic (exact) mass is 330 g/mol. The summed E-state index contributed by atoms with van der Waals surface area (Å²) in [5.41, 5.74) is 0.400. The molecule has 1 aliphatic heterocycles. The Morgan fingerprint density at radius 3 is 2.71 bits per heavy atom. The van der Waals surface area contributed by atoms with Gasteiger partial charge in [0.15, 0.2) is 0 Å². The molecule has 0 saturated carbocycles. The number of ether oxygens (including phenoxy) is 1. The summed E-state index contributed by atoms with van der Waals surface area (Å²) in [7, 11) is 0. The van der Waals surface area contributed by atoms with Gasteiger partial charge in [0.25, 0.3) is 5.79 Å². The number of pyridine rings is 1. The molecule has 0 spiro atoms. The standard InChI is InChI=1S/C12H14N2O5S2/c1-21-19-12(18-11(17)20,9-4-2-3-5-13-9)8-6-14(7-8)10(15)16/h2-5,8H,6-7H2,1H3,(H,15,16)(H,17,20). The second-order valence-electron chi connectivity index (χ2n) is 4.38. The number of aromatic nitrogens is 1. The van der Waals surface area contributed by atoms with Gasteiger partial charge in [-0.2, -0.15) is 0 Å². The zero-order valence-electron chi connectivity index (χ0n) is 11.1. The predicted molar refractivity (Wildman–Crippen MR) is 79.1 cm³/mol. The summed E-state index contributed by atoms with van der Waals surface area (Å²) in [4.78, 5) is 27.7. The number of carbonyl (C=O) groups excluding carboxylic acids is 1. The molecule has 9 heteroatoms. The first-order valence-corrected chi connectivity index (χ1v) is 7.62. The normalized spacial score (nSPS) is 17.7. The molecule has 1 N–H and O–H groups in total. The summed E-state index contributed by atoms with van der Waals surface area (Å²) < 4.78 is 10.9. The van der Waals surface area contributed by atoms with Gasteiger partial charge in [0.2, 0.25) is 0 Å². The highest BCUT2D eigenvalue weighted by molar-refractivity contribution is 7.96. The fourth-order valence-corrected chi connectivity index (χ4v) is 2.81. The smallest absolute Gasteiger partial charge is 0.407 e. The number of carboxylic acid groups (broad SMARTS) is 1. The molecular weight excluding hydrogens is 316 g/mol. The van der Waals surface area contributed by atoms with Crippen LogP contribution in [0.4, 0.5) is 9.59 Å². The highest BCUT2D eigenvalue weighted by atomic mass is 32.2. The fraction of sp³-hybridized carbons (Fsp3) is 0.417. The minimum Gasteiger partial charge on any atom is -0.465 e. The second kappa shape index (κ2) is 6.54. The van der Waals surface area contributed by atoms with Crippen molar-refractivity contribution in [2.45, 2.75) is 5.79 Å². The molecule has 1 fully saturated rings. The third kappa shape index (κ3) is 3.25. The summed E-state index contributed by atoms with van der Waals surface area (Å²) in [6.07, 6.45) is 2.20. The lowest BCUT2D eigenvalue weighted by atomic mass is 9.88. The van der Waals surface area contributed by atoms with Crippen molar-refractivity contribution in [3.63, 3.8) is 0 Å². The minimum atomic E-state index is -1.45. The molecule has 21 heavy (non-hydrogen) atoms.